The summed E-state index contributed by atoms with van der Waals surface area (Å²) in [5, 5.41) is 2.95. The maximum atomic E-state index is 12.6. The Hall–Kier alpha value is -2.30. The zero-order valence-corrected chi connectivity index (χ0v) is 14.8. The molecular weight excluding hydrogens is 318 g/mol. The second-order valence-corrected chi connectivity index (χ2v) is 6.79. The van der Waals surface area contributed by atoms with E-state index in [0.29, 0.717) is 17.1 Å². The SMILES string of the molecule is COc1ccc(C(=O)NC2=C(C)C(C=O)CC2)cc1OC1CCCC1. The van der Waals surface area contributed by atoms with Gasteiger partial charge in [-0.15, -0.1) is 0 Å². The summed E-state index contributed by atoms with van der Waals surface area (Å²) in [4.78, 5) is 23.6. The summed E-state index contributed by atoms with van der Waals surface area (Å²) in [6.45, 7) is 1.91. The molecule has 25 heavy (non-hydrogen) atoms. The number of ether oxygens (including phenoxy) is 2. The van der Waals surface area contributed by atoms with Gasteiger partial charge < -0.3 is 19.6 Å². The van der Waals surface area contributed by atoms with Gasteiger partial charge in [0.15, 0.2) is 11.5 Å². The Morgan fingerprint density at radius 2 is 1.96 bits per heavy atom. The summed E-state index contributed by atoms with van der Waals surface area (Å²) in [7, 11) is 1.60. The first-order valence-corrected chi connectivity index (χ1v) is 8.93. The molecule has 1 amide bonds. The first kappa shape index (κ1) is 17.5. The van der Waals surface area contributed by atoms with Gasteiger partial charge in [-0.1, -0.05) is 0 Å². The van der Waals surface area contributed by atoms with Crippen LogP contribution in [0, 0.1) is 5.92 Å². The monoisotopic (exact) mass is 343 g/mol. The molecule has 0 aliphatic heterocycles. The number of benzene rings is 1. The molecule has 1 saturated carbocycles. The fraction of sp³-hybridized carbons (Fsp3) is 0.500. The highest BCUT2D eigenvalue weighted by Crippen LogP contribution is 2.33. The quantitative estimate of drug-likeness (QED) is 0.801. The Morgan fingerprint density at radius 3 is 2.60 bits per heavy atom. The Kier molecular flexibility index (Phi) is 5.41. The van der Waals surface area contributed by atoms with Crippen molar-refractivity contribution in [2.45, 2.75) is 51.6 Å². The molecule has 1 fully saturated rings. The van der Waals surface area contributed by atoms with Crippen LogP contribution in [0.2, 0.25) is 0 Å². The fourth-order valence-corrected chi connectivity index (χ4v) is 3.57. The summed E-state index contributed by atoms with van der Waals surface area (Å²) in [6.07, 6.45) is 7.08. The van der Waals surface area contributed by atoms with Crippen LogP contribution in [0.5, 0.6) is 11.5 Å². The number of methoxy groups -OCH3 is 1. The molecule has 1 aromatic rings. The van der Waals surface area contributed by atoms with E-state index in [0.717, 1.165) is 43.2 Å². The van der Waals surface area contributed by atoms with Gasteiger partial charge in [0.25, 0.3) is 5.91 Å². The second-order valence-electron chi connectivity index (χ2n) is 6.79. The molecule has 5 nitrogen and oxygen atoms in total. The van der Waals surface area contributed by atoms with E-state index < -0.39 is 0 Å². The number of hydrogen-bond acceptors (Lipinski definition) is 4. The Bertz CT molecular complexity index is 689. The molecule has 2 aliphatic carbocycles. The van der Waals surface area contributed by atoms with Gasteiger partial charge in [-0.3, -0.25) is 4.79 Å². The number of allylic oxidation sites excluding steroid dienone is 2. The molecule has 0 aromatic heterocycles. The molecule has 1 atom stereocenters. The van der Waals surface area contributed by atoms with Crippen LogP contribution in [-0.4, -0.2) is 25.4 Å². The number of carbonyl (C=O) groups is 2. The van der Waals surface area contributed by atoms with Crippen LogP contribution >= 0.6 is 0 Å². The number of hydrogen-bond donors (Lipinski definition) is 1. The molecule has 0 saturated heterocycles. The molecule has 1 aromatic carbocycles. The fourth-order valence-electron chi connectivity index (χ4n) is 3.57. The Balaban J connectivity index is 1.76. The molecule has 0 spiro atoms. The molecule has 5 heteroatoms. The van der Waals surface area contributed by atoms with Gasteiger partial charge in [-0.05, 0) is 69.2 Å². The molecule has 134 valence electrons. The number of rotatable bonds is 6. The van der Waals surface area contributed by atoms with Crippen LogP contribution < -0.4 is 14.8 Å². The average Bonchev–Trinajstić information content (AvgIpc) is 3.25. The van der Waals surface area contributed by atoms with Gasteiger partial charge in [0, 0.05) is 17.2 Å². The van der Waals surface area contributed by atoms with Gasteiger partial charge in [-0.25, -0.2) is 0 Å². The van der Waals surface area contributed by atoms with E-state index in [9.17, 15) is 9.59 Å². The first-order valence-electron chi connectivity index (χ1n) is 8.93. The van der Waals surface area contributed by atoms with E-state index in [1.54, 1.807) is 25.3 Å². The minimum atomic E-state index is -0.181. The lowest BCUT2D eigenvalue weighted by Gasteiger charge is -2.17. The smallest absolute Gasteiger partial charge is 0.255 e. The van der Waals surface area contributed by atoms with Crippen LogP contribution in [0.15, 0.2) is 29.5 Å². The molecule has 0 radical (unpaired) electrons. The zero-order chi connectivity index (χ0) is 17.8. The predicted molar refractivity (Wildman–Crippen MR) is 94.8 cm³/mol. The molecule has 2 aliphatic rings. The maximum absolute atomic E-state index is 12.6. The largest absolute Gasteiger partial charge is 0.493 e. The lowest BCUT2D eigenvalue weighted by atomic mass is 10.1. The van der Waals surface area contributed by atoms with Crippen molar-refractivity contribution in [1.29, 1.82) is 0 Å². The van der Waals surface area contributed by atoms with Crippen molar-refractivity contribution in [3.63, 3.8) is 0 Å². The molecular formula is C20H25NO4. The molecule has 0 heterocycles. The van der Waals surface area contributed by atoms with Crippen molar-refractivity contribution in [3.05, 3.63) is 35.0 Å². The van der Waals surface area contributed by atoms with Crippen LogP contribution in [0.25, 0.3) is 0 Å². The van der Waals surface area contributed by atoms with Gasteiger partial charge in [-0.2, -0.15) is 0 Å². The zero-order valence-electron chi connectivity index (χ0n) is 14.8. The number of aldehydes is 1. The third kappa shape index (κ3) is 3.86. The van der Waals surface area contributed by atoms with E-state index in [1.807, 2.05) is 6.92 Å². The Morgan fingerprint density at radius 1 is 1.20 bits per heavy atom. The lowest BCUT2D eigenvalue weighted by molar-refractivity contribution is -0.110. The third-order valence-electron chi connectivity index (χ3n) is 5.19. The number of nitrogens with one attached hydrogen (secondary N) is 1. The Labute approximate surface area is 148 Å². The van der Waals surface area contributed by atoms with Crippen molar-refractivity contribution >= 4 is 12.2 Å². The van der Waals surface area contributed by atoms with Crippen LogP contribution in [0.3, 0.4) is 0 Å². The molecule has 3 rings (SSSR count). The van der Waals surface area contributed by atoms with Crippen molar-refractivity contribution in [1.82, 2.24) is 5.32 Å². The maximum Gasteiger partial charge on any atom is 0.255 e. The third-order valence-corrected chi connectivity index (χ3v) is 5.19. The lowest BCUT2D eigenvalue weighted by Crippen LogP contribution is -2.23. The number of carbonyl (C=O) groups excluding carboxylic acids is 2. The van der Waals surface area contributed by atoms with E-state index in [2.05, 4.69) is 5.32 Å². The van der Waals surface area contributed by atoms with Crippen molar-refractivity contribution in [2.75, 3.05) is 7.11 Å². The summed E-state index contributed by atoms with van der Waals surface area (Å²) in [6, 6.07) is 5.25. The predicted octanol–water partition coefficient (Wildman–Crippen LogP) is 3.63. The van der Waals surface area contributed by atoms with Crippen molar-refractivity contribution < 1.29 is 19.1 Å². The minimum absolute atomic E-state index is 0.0765. The van der Waals surface area contributed by atoms with Crippen LogP contribution in [0.4, 0.5) is 0 Å². The normalized spacial score (nSPS) is 20.6. The topological polar surface area (TPSA) is 64.6 Å². The average molecular weight is 343 g/mol. The van der Waals surface area contributed by atoms with Gasteiger partial charge in [0.05, 0.1) is 13.2 Å². The van der Waals surface area contributed by atoms with Crippen molar-refractivity contribution in [2.24, 2.45) is 5.92 Å². The standard InChI is InChI=1S/C20H25NO4/c1-13-15(12-22)7-9-17(13)21-20(23)14-8-10-18(24-2)19(11-14)25-16-5-3-4-6-16/h8,10-12,15-16H,3-7,9H2,1-2H3,(H,21,23). The first-order chi connectivity index (χ1) is 12.1. The second kappa shape index (κ2) is 7.72. The summed E-state index contributed by atoms with van der Waals surface area (Å²) in [5.74, 6) is 0.998. The van der Waals surface area contributed by atoms with E-state index >= 15 is 0 Å². The molecule has 1 N–H and O–H groups in total. The van der Waals surface area contributed by atoms with E-state index in [1.165, 1.54) is 12.8 Å². The van der Waals surface area contributed by atoms with E-state index in [4.69, 9.17) is 9.47 Å². The van der Waals surface area contributed by atoms with E-state index in [-0.39, 0.29) is 17.9 Å². The summed E-state index contributed by atoms with van der Waals surface area (Å²) < 4.78 is 11.4. The number of amides is 1. The highest BCUT2D eigenvalue weighted by atomic mass is 16.5. The van der Waals surface area contributed by atoms with Crippen LogP contribution in [0.1, 0.15) is 55.8 Å². The highest BCUT2D eigenvalue weighted by Gasteiger charge is 2.24. The molecule has 0 bridgehead atoms. The van der Waals surface area contributed by atoms with Crippen LogP contribution in [-0.2, 0) is 4.79 Å². The molecule has 1 unspecified atom stereocenters. The van der Waals surface area contributed by atoms with Gasteiger partial charge >= 0.3 is 0 Å². The summed E-state index contributed by atoms with van der Waals surface area (Å²) >= 11 is 0. The van der Waals surface area contributed by atoms with Crippen molar-refractivity contribution in [3.8, 4) is 11.5 Å². The summed E-state index contributed by atoms with van der Waals surface area (Å²) in [5.41, 5.74) is 2.35. The minimum Gasteiger partial charge on any atom is -0.493 e. The highest BCUT2D eigenvalue weighted by molar-refractivity contribution is 5.96. The van der Waals surface area contributed by atoms with Gasteiger partial charge in [0.2, 0.25) is 0 Å². The van der Waals surface area contributed by atoms with Gasteiger partial charge in [0.1, 0.15) is 6.29 Å².